The van der Waals surface area contributed by atoms with Crippen LogP contribution in [0.15, 0.2) is 23.1 Å². The topological polar surface area (TPSA) is 55.0 Å². The van der Waals surface area contributed by atoms with Crippen molar-refractivity contribution in [3.8, 4) is 5.88 Å². The number of H-pyrrole nitrogens is 1. The van der Waals surface area contributed by atoms with Crippen LogP contribution in [-0.4, -0.2) is 17.1 Å². The molecule has 0 spiro atoms. The molecule has 2 rings (SSSR count). The van der Waals surface area contributed by atoms with Gasteiger partial charge in [-0.25, -0.2) is 0 Å². The first-order valence-electron chi connectivity index (χ1n) is 3.94. The lowest BCUT2D eigenvalue weighted by molar-refractivity contribution is 0.392. The van der Waals surface area contributed by atoms with Crippen molar-refractivity contribution in [3.05, 3.63) is 34.5 Å². The van der Waals surface area contributed by atoms with E-state index in [9.17, 15) is 9.18 Å². The maximum Gasteiger partial charge on any atom is 0.240 e. The van der Waals surface area contributed by atoms with E-state index in [0.29, 0.717) is 5.52 Å². The third-order valence-corrected chi connectivity index (χ3v) is 1.88. The number of methoxy groups -OCH3 is 1. The van der Waals surface area contributed by atoms with Gasteiger partial charge in [-0.05, 0) is 0 Å². The van der Waals surface area contributed by atoms with Crippen LogP contribution >= 0.6 is 0 Å². The lowest BCUT2D eigenvalue weighted by Crippen LogP contribution is -2.03. The van der Waals surface area contributed by atoms with E-state index in [0.717, 1.165) is 6.07 Å². The van der Waals surface area contributed by atoms with Crippen molar-refractivity contribution in [2.45, 2.75) is 0 Å². The molecule has 14 heavy (non-hydrogen) atoms. The Balaban J connectivity index is 2.95. The van der Waals surface area contributed by atoms with E-state index in [2.05, 4.69) is 9.97 Å². The number of halogens is 1. The number of aromatic amines is 1. The highest BCUT2D eigenvalue weighted by Crippen LogP contribution is 2.18. The molecule has 0 saturated heterocycles. The minimum absolute atomic E-state index is 0.0812. The number of aromatic nitrogens is 2. The van der Waals surface area contributed by atoms with Gasteiger partial charge in [0.2, 0.25) is 11.8 Å². The molecule has 0 fully saturated rings. The summed E-state index contributed by atoms with van der Waals surface area (Å²) in [5.41, 5.74) is 0.139. The summed E-state index contributed by atoms with van der Waals surface area (Å²) in [4.78, 5) is 17.6. The van der Waals surface area contributed by atoms with Crippen molar-refractivity contribution in [1.29, 1.82) is 0 Å². The minimum atomic E-state index is -0.731. The standard InChI is InChI=1S/C9H7FN2O2/c1-14-9-8-5(4-7(10)12-9)6(13)2-3-11-8/h2-4H,1H3,(H,11,13). The number of pyridine rings is 2. The molecule has 0 radical (unpaired) electrons. The second-order valence-corrected chi connectivity index (χ2v) is 2.72. The summed E-state index contributed by atoms with van der Waals surface area (Å²) >= 11 is 0. The Labute approximate surface area is 78.4 Å². The Morgan fingerprint density at radius 3 is 3.07 bits per heavy atom. The molecule has 0 aromatic carbocycles. The third kappa shape index (κ3) is 1.22. The second kappa shape index (κ2) is 3.10. The molecule has 2 aromatic rings. The summed E-state index contributed by atoms with van der Waals surface area (Å²) in [6.45, 7) is 0. The van der Waals surface area contributed by atoms with Crippen LogP contribution in [0, 0.1) is 5.95 Å². The smallest absolute Gasteiger partial charge is 0.240 e. The van der Waals surface area contributed by atoms with Gasteiger partial charge in [0.1, 0.15) is 5.52 Å². The van der Waals surface area contributed by atoms with E-state index in [4.69, 9.17) is 4.74 Å². The van der Waals surface area contributed by atoms with E-state index < -0.39 is 5.95 Å². The Morgan fingerprint density at radius 1 is 1.57 bits per heavy atom. The summed E-state index contributed by atoms with van der Waals surface area (Å²) < 4.78 is 17.8. The van der Waals surface area contributed by atoms with Crippen molar-refractivity contribution in [1.82, 2.24) is 9.97 Å². The summed E-state index contributed by atoms with van der Waals surface area (Å²) in [5, 5.41) is 0.233. The zero-order valence-corrected chi connectivity index (χ0v) is 7.37. The number of nitrogens with one attached hydrogen (secondary N) is 1. The fourth-order valence-electron chi connectivity index (χ4n) is 1.26. The number of rotatable bonds is 1. The predicted molar refractivity (Wildman–Crippen MR) is 48.9 cm³/mol. The Hall–Kier alpha value is -1.91. The van der Waals surface area contributed by atoms with Crippen molar-refractivity contribution in [2.24, 2.45) is 0 Å². The van der Waals surface area contributed by atoms with Gasteiger partial charge in [-0.2, -0.15) is 9.37 Å². The molecule has 4 nitrogen and oxygen atoms in total. The molecule has 0 aliphatic carbocycles. The summed E-state index contributed by atoms with van der Waals surface area (Å²) in [5.74, 6) is -0.649. The van der Waals surface area contributed by atoms with Crippen molar-refractivity contribution >= 4 is 10.9 Å². The fraction of sp³-hybridized carbons (Fsp3) is 0.111. The van der Waals surface area contributed by atoms with Gasteiger partial charge in [-0.3, -0.25) is 4.79 Å². The molecule has 0 bridgehead atoms. The Bertz CT molecular complexity index is 536. The molecule has 2 aromatic heterocycles. The van der Waals surface area contributed by atoms with Gasteiger partial charge in [0.05, 0.1) is 12.5 Å². The maximum atomic E-state index is 12.9. The molecular weight excluding hydrogens is 187 g/mol. The van der Waals surface area contributed by atoms with Gasteiger partial charge in [0.15, 0.2) is 5.43 Å². The summed E-state index contributed by atoms with van der Waals surface area (Å²) in [7, 11) is 1.37. The highest BCUT2D eigenvalue weighted by molar-refractivity contribution is 5.82. The average Bonchev–Trinajstić information content (AvgIpc) is 2.18. The van der Waals surface area contributed by atoms with Gasteiger partial charge < -0.3 is 9.72 Å². The zero-order valence-electron chi connectivity index (χ0n) is 7.37. The Kier molecular flexibility index (Phi) is 1.92. The summed E-state index contributed by atoms with van der Waals surface area (Å²) in [6.07, 6.45) is 1.47. The van der Waals surface area contributed by atoms with Crippen molar-refractivity contribution < 1.29 is 9.13 Å². The predicted octanol–water partition coefficient (Wildman–Crippen LogP) is 1.07. The molecule has 0 aliphatic heterocycles. The van der Waals surface area contributed by atoms with Gasteiger partial charge in [-0.15, -0.1) is 0 Å². The van der Waals surface area contributed by atoms with Crippen molar-refractivity contribution in [2.75, 3.05) is 7.11 Å². The number of hydrogen-bond donors (Lipinski definition) is 1. The minimum Gasteiger partial charge on any atom is -0.479 e. The van der Waals surface area contributed by atoms with E-state index in [1.807, 2.05) is 0 Å². The highest BCUT2D eigenvalue weighted by Gasteiger charge is 2.08. The van der Waals surface area contributed by atoms with Crippen LogP contribution in [0.3, 0.4) is 0 Å². The molecule has 0 saturated carbocycles. The first-order chi connectivity index (χ1) is 6.72. The van der Waals surface area contributed by atoms with Gasteiger partial charge in [0.25, 0.3) is 0 Å². The number of hydrogen-bond acceptors (Lipinski definition) is 3. The monoisotopic (exact) mass is 194 g/mol. The average molecular weight is 194 g/mol. The van der Waals surface area contributed by atoms with Crippen LogP contribution in [0.5, 0.6) is 5.88 Å². The quantitative estimate of drug-likeness (QED) is 0.691. The maximum absolute atomic E-state index is 12.9. The molecule has 0 amide bonds. The molecule has 0 atom stereocenters. The van der Waals surface area contributed by atoms with E-state index in [1.165, 1.54) is 19.4 Å². The molecule has 2 heterocycles. The van der Waals surface area contributed by atoms with Crippen LogP contribution < -0.4 is 10.2 Å². The van der Waals surface area contributed by atoms with Crippen molar-refractivity contribution in [3.63, 3.8) is 0 Å². The van der Waals surface area contributed by atoms with Gasteiger partial charge in [-0.1, -0.05) is 0 Å². The van der Waals surface area contributed by atoms with E-state index in [1.54, 1.807) is 0 Å². The number of nitrogens with zero attached hydrogens (tertiary/aromatic N) is 1. The van der Waals surface area contributed by atoms with Crippen LogP contribution in [0.1, 0.15) is 0 Å². The molecule has 5 heteroatoms. The highest BCUT2D eigenvalue weighted by atomic mass is 19.1. The van der Waals surface area contributed by atoms with Crippen LogP contribution in [0.25, 0.3) is 10.9 Å². The fourth-order valence-corrected chi connectivity index (χ4v) is 1.26. The van der Waals surface area contributed by atoms with Crippen LogP contribution in [0.4, 0.5) is 4.39 Å². The first-order valence-corrected chi connectivity index (χ1v) is 3.94. The first kappa shape index (κ1) is 8.68. The van der Waals surface area contributed by atoms with Crippen LogP contribution in [0.2, 0.25) is 0 Å². The lowest BCUT2D eigenvalue weighted by Gasteiger charge is -2.02. The number of fused-ring (bicyclic) bond motifs is 1. The molecule has 1 N–H and O–H groups in total. The van der Waals surface area contributed by atoms with Gasteiger partial charge in [0, 0.05) is 18.3 Å². The second-order valence-electron chi connectivity index (χ2n) is 2.72. The SMILES string of the molecule is COc1nc(F)cc2c(=O)cc[nH]c12. The molecule has 0 unspecified atom stereocenters. The normalized spacial score (nSPS) is 10.4. The largest absolute Gasteiger partial charge is 0.479 e. The molecule has 0 aliphatic rings. The lowest BCUT2D eigenvalue weighted by atomic mass is 10.2. The Morgan fingerprint density at radius 2 is 2.36 bits per heavy atom. The molecule has 72 valence electrons. The van der Waals surface area contributed by atoms with Gasteiger partial charge >= 0.3 is 0 Å². The third-order valence-electron chi connectivity index (χ3n) is 1.88. The van der Waals surface area contributed by atoms with E-state index in [-0.39, 0.29) is 16.7 Å². The zero-order chi connectivity index (χ0) is 10.1. The molecular formula is C9H7FN2O2. The van der Waals surface area contributed by atoms with E-state index >= 15 is 0 Å². The summed E-state index contributed by atoms with van der Waals surface area (Å²) in [6, 6.07) is 2.40. The number of ether oxygens (including phenoxy) is 1. The van der Waals surface area contributed by atoms with Crippen LogP contribution in [-0.2, 0) is 0 Å².